The monoisotopic (exact) mass is 180 g/mol. The van der Waals surface area contributed by atoms with Gasteiger partial charge in [0.25, 0.3) is 0 Å². The third-order valence-electron chi connectivity index (χ3n) is 0.460. The fraction of sp³-hybridized carbons (Fsp3) is 1.00. The third kappa shape index (κ3) is 6.97. The average molecular weight is 181 g/mol. The highest BCUT2D eigenvalue weighted by molar-refractivity contribution is 9.24. The maximum Gasteiger partial charge on any atom is 0.553 e. The Hall–Kier alpha value is 0.972. The molecule has 0 aliphatic carbocycles. The van der Waals surface area contributed by atoms with Crippen LogP contribution >= 0.6 is 14.1 Å². The average Bonchev–Trinajstić information content (AvgIpc) is 1.27. The molecule has 0 amide bonds. The second-order valence-corrected chi connectivity index (χ2v) is 6.95. The van der Waals surface area contributed by atoms with Crippen LogP contribution in [0.3, 0.4) is 0 Å². The van der Waals surface area contributed by atoms with Crippen molar-refractivity contribution in [1.29, 1.82) is 0 Å². The Kier molecular flexibility index (Phi) is 4.46. The molecule has 42 valence electrons. The van der Waals surface area contributed by atoms with Gasteiger partial charge in [0.1, 0.15) is 0 Å². The van der Waals surface area contributed by atoms with E-state index in [1.165, 1.54) is 0 Å². The van der Waals surface area contributed by atoms with E-state index in [0.29, 0.717) is 6.10 Å². The summed E-state index contributed by atoms with van der Waals surface area (Å²) in [4.78, 5) is 0. The first-order valence-corrected chi connectivity index (χ1v) is 7.23. The lowest BCUT2D eigenvalue weighted by Gasteiger charge is -2.05. The lowest BCUT2D eigenvalue weighted by atomic mass is 10.5. The largest absolute Gasteiger partial charge is 0.553 e. The van der Waals surface area contributed by atoms with Crippen LogP contribution in [0.4, 0.5) is 0 Å². The molecule has 0 N–H and O–H groups in total. The molecule has 0 spiro atoms. The van der Waals surface area contributed by atoms with Crippen molar-refractivity contribution in [1.82, 2.24) is 0 Å². The van der Waals surface area contributed by atoms with E-state index in [9.17, 15) is 0 Å². The Labute approximate surface area is 56.4 Å². The predicted octanol–water partition coefficient (Wildman–Crippen LogP) is 1.92. The first kappa shape index (κ1) is 7.97. The maximum absolute atomic E-state index is 5.31. The Balaban J connectivity index is 2.95. The van der Waals surface area contributed by atoms with Crippen LogP contribution in [0.2, 0.25) is 5.79 Å². The van der Waals surface area contributed by atoms with E-state index < -0.39 is 12.7 Å². The summed E-state index contributed by atoms with van der Waals surface area (Å²) in [6, 6.07) is 0. The molecule has 0 fully saturated rings. The Bertz CT molecular complexity index is 41.0. The molecule has 0 atom stereocenters. The summed E-state index contributed by atoms with van der Waals surface area (Å²) in [5.74, 6) is 2.10. The molecule has 0 aliphatic heterocycles. The normalized spacial score (nSPS) is 9.86. The van der Waals surface area contributed by atoms with E-state index in [4.69, 9.17) is 3.79 Å². The highest BCUT2D eigenvalue weighted by Crippen LogP contribution is 1.98. The minimum absolute atomic E-state index is 0.390. The van der Waals surface area contributed by atoms with E-state index in [2.05, 4.69) is 19.8 Å². The van der Waals surface area contributed by atoms with Gasteiger partial charge in [-0.05, 0) is 13.8 Å². The summed E-state index contributed by atoms with van der Waals surface area (Å²) in [5.41, 5.74) is 0. The predicted molar refractivity (Wildman–Crippen MR) is 36.8 cm³/mol. The van der Waals surface area contributed by atoms with Crippen LogP contribution in [0.5, 0.6) is 0 Å². The van der Waals surface area contributed by atoms with Crippen molar-refractivity contribution in [3.8, 4) is 0 Å². The van der Waals surface area contributed by atoms with E-state index >= 15 is 0 Å². The van der Waals surface area contributed by atoms with Gasteiger partial charge in [-0.3, -0.25) is 0 Å². The van der Waals surface area contributed by atoms with Gasteiger partial charge in [0, 0.05) is 6.10 Å². The van der Waals surface area contributed by atoms with Crippen molar-refractivity contribution in [2.24, 2.45) is 0 Å². The quantitative estimate of drug-likeness (QED) is 0.591. The zero-order chi connectivity index (χ0) is 5.86. The molecule has 0 aromatic rings. The summed E-state index contributed by atoms with van der Waals surface area (Å²) in [6.45, 7) is 4.09. The molecule has 0 aliphatic rings. The summed E-state index contributed by atoms with van der Waals surface area (Å²) >= 11 is 2.48. The molecule has 0 aromatic heterocycles. The Morgan fingerprint density at radius 1 is 1.57 bits per heavy atom. The molecular formula is C4H10AlBrO. The van der Waals surface area contributed by atoms with Crippen LogP contribution < -0.4 is 0 Å². The van der Waals surface area contributed by atoms with Crippen molar-refractivity contribution in [2.45, 2.75) is 25.7 Å². The van der Waals surface area contributed by atoms with E-state index in [1.807, 2.05) is 13.8 Å². The van der Waals surface area contributed by atoms with Crippen LogP contribution in [0.1, 0.15) is 13.8 Å². The first-order valence-electron chi connectivity index (χ1n) is 2.42. The fourth-order valence-corrected chi connectivity index (χ4v) is 2.42. The first-order chi connectivity index (χ1) is 3.13. The molecule has 7 heavy (non-hydrogen) atoms. The van der Waals surface area contributed by atoms with E-state index in [-0.39, 0.29) is 0 Å². The van der Waals surface area contributed by atoms with Crippen LogP contribution in [-0.2, 0) is 3.79 Å². The van der Waals surface area contributed by atoms with Crippen LogP contribution in [-0.4, -0.2) is 18.8 Å². The van der Waals surface area contributed by atoms with E-state index in [0.717, 1.165) is 0 Å². The van der Waals surface area contributed by atoms with Gasteiger partial charge >= 0.3 is 12.7 Å². The van der Waals surface area contributed by atoms with Crippen molar-refractivity contribution in [2.75, 3.05) is 0 Å². The van der Waals surface area contributed by atoms with Gasteiger partial charge in [-0.25, -0.2) is 0 Å². The number of halogens is 1. The topological polar surface area (TPSA) is 9.23 Å². The molecule has 1 nitrogen and oxygen atoms in total. The molecule has 0 unspecified atom stereocenters. The highest BCUT2D eigenvalue weighted by atomic mass is 79.9. The maximum atomic E-state index is 5.31. The van der Waals surface area contributed by atoms with Gasteiger partial charge in [-0.1, -0.05) is 5.79 Å². The molecule has 0 saturated carbocycles. The van der Waals surface area contributed by atoms with Gasteiger partial charge in [0.15, 0.2) is 0 Å². The van der Waals surface area contributed by atoms with Gasteiger partial charge in [0.05, 0.1) is 0 Å². The lowest BCUT2D eigenvalue weighted by molar-refractivity contribution is 0.255. The number of hydrogen-bond acceptors (Lipinski definition) is 1. The van der Waals surface area contributed by atoms with Crippen LogP contribution in [0, 0.1) is 0 Å². The second-order valence-electron chi connectivity index (χ2n) is 1.73. The van der Waals surface area contributed by atoms with Gasteiger partial charge in [-0.2, -0.15) is 14.1 Å². The summed E-state index contributed by atoms with van der Waals surface area (Å²) in [7, 11) is 0. The molecule has 0 saturated heterocycles. The molecule has 0 aromatic carbocycles. The van der Waals surface area contributed by atoms with Crippen LogP contribution in [0.25, 0.3) is 0 Å². The number of rotatable bonds is 2. The van der Waals surface area contributed by atoms with Crippen molar-refractivity contribution < 1.29 is 3.79 Å². The Morgan fingerprint density at radius 3 is 2.00 bits per heavy atom. The molecule has 0 heterocycles. The van der Waals surface area contributed by atoms with Crippen molar-refractivity contribution >= 4 is 26.7 Å². The number of hydrogen-bond donors (Lipinski definition) is 0. The van der Waals surface area contributed by atoms with Gasteiger partial charge in [-0.15, -0.1) is 0 Å². The van der Waals surface area contributed by atoms with E-state index in [1.54, 1.807) is 0 Å². The minimum Gasteiger partial charge on any atom is -0.490 e. The van der Waals surface area contributed by atoms with Gasteiger partial charge < -0.3 is 3.79 Å². The van der Waals surface area contributed by atoms with Crippen molar-refractivity contribution in [3.05, 3.63) is 0 Å². The lowest BCUT2D eigenvalue weighted by Crippen LogP contribution is -2.10. The Morgan fingerprint density at radius 2 is 2.00 bits per heavy atom. The highest BCUT2D eigenvalue weighted by Gasteiger charge is 2.07. The zero-order valence-electron chi connectivity index (χ0n) is 4.94. The standard InChI is InChI=1S/C3H7O.CH3.Al.BrH/c1-3(2)4;;;/h3H,1-2H3;1H3;;1H/q-1;;+2;/p-1. The minimum atomic E-state index is -0.916. The SMILES string of the molecule is CC(C)[O][Al]([CH3])[Br]. The fourth-order valence-electron chi connectivity index (χ4n) is 0.375. The summed E-state index contributed by atoms with van der Waals surface area (Å²) < 4.78 is 5.31. The molecule has 0 rings (SSSR count). The van der Waals surface area contributed by atoms with Gasteiger partial charge in [0.2, 0.25) is 0 Å². The smallest absolute Gasteiger partial charge is 0.490 e. The van der Waals surface area contributed by atoms with Crippen LogP contribution in [0.15, 0.2) is 0 Å². The molecule has 0 radical (unpaired) electrons. The molecule has 0 bridgehead atoms. The zero-order valence-corrected chi connectivity index (χ0v) is 7.68. The second kappa shape index (κ2) is 3.91. The summed E-state index contributed by atoms with van der Waals surface area (Å²) in [5, 5.41) is 0. The summed E-state index contributed by atoms with van der Waals surface area (Å²) in [6.07, 6.45) is 0.390. The third-order valence-corrected chi connectivity index (χ3v) is 2.03. The molecule has 3 heteroatoms. The molecular weight excluding hydrogens is 171 g/mol. The van der Waals surface area contributed by atoms with Crippen molar-refractivity contribution in [3.63, 3.8) is 0 Å².